The van der Waals surface area contributed by atoms with Crippen LogP contribution >= 0.6 is 0 Å². The van der Waals surface area contributed by atoms with Crippen LogP contribution in [0.5, 0.6) is 0 Å². The first-order valence-corrected chi connectivity index (χ1v) is 7.86. The molecule has 20 heavy (non-hydrogen) atoms. The molecule has 0 amide bonds. The fraction of sp³-hybridized carbons (Fsp3) is 0.611. The van der Waals surface area contributed by atoms with E-state index < -0.39 is 0 Å². The number of hydrogen-bond acceptors (Lipinski definition) is 2. The van der Waals surface area contributed by atoms with Gasteiger partial charge in [-0.3, -0.25) is 4.79 Å². The fourth-order valence-electron chi connectivity index (χ4n) is 2.93. The first-order valence-electron chi connectivity index (χ1n) is 7.86. The average Bonchev–Trinajstić information content (AvgIpc) is 2.35. The molecule has 2 heteroatoms. The van der Waals surface area contributed by atoms with E-state index in [0.717, 1.165) is 18.4 Å². The number of carbonyl (C=O) groups excluding carboxylic acids is 1. The minimum Gasteiger partial charge on any atom is -0.330 e. The molecular weight excluding hydrogens is 246 g/mol. The van der Waals surface area contributed by atoms with Gasteiger partial charge in [0.25, 0.3) is 0 Å². The summed E-state index contributed by atoms with van der Waals surface area (Å²) in [5.74, 6) is 0.921. The normalized spacial score (nSPS) is 15.9. The Kier molecular flexibility index (Phi) is 4.98. The summed E-state index contributed by atoms with van der Waals surface area (Å²) < 4.78 is 0. The number of rotatable bonds is 7. The van der Waals surface area contributed by atoms with Crippen molar-refractivity contribution in [1.82, 2.24) is 0 Å². The standard InChI is InChI=1S/C18H27NO/c1-18(2,12-13-19)11-10-17(20)16-9-4-3-8-15(16)14-6-5-7-14/h3-4,8-9,14H,5-7,10-13,19H2,1-2H3. The van der Waals surface area contributed by atoms with Crippen LogP contribution in [0, 0.1) is 5.41 Å². The van der Waals surface area contributed by atoms with Gasteiger partial charge in [0.1, 0.15) is 0 Å². The van der Waals surface area contributed by atoms with Gasteiger partial charge in [-0.05, 0) is 49.1 Å². The van der Waals surface area contributed by atoms with Crippen molar-refractivity contribution in [2.45, 2.75) is 58.3 Å². The molecule has 2 nitrogen and oxygen atoms in total. The molecule has 0 spiro atoms. The zero-order valence-corrected chi connectivity index (χ0v) is 12.8. The highest BCUT2D eigenvalue weighted by molar-refractivity contribution is 5.97. The predicted molar refractivity (Wildman–Crippen MR) is 84.1 cm³/mol. The molecule has 2 N–H and O–H groups in total. The van der Waals surface area contributed by atoms with Gasteiger partial charge in [-0.25, -0.2) is 0 Å². The first-order chi connectivity index (χ1) is 9.53. The quantitative estimate of drug-likeness (QED) is 0.753. The summed E-state index contributed by atoms with van der Waals surface area (Å²) in [7, 11) is 0. The summed E-state index contributed by atoms with van der Waals surface area (Å²) in [6.07, 6.45) is 6.31. The predicted octanol–water partition coefficient (Wildman–Crippen LogP) is 4.29. The highest BCUT2D eigenvalue weighted by Crippen LogP contribution is 2.38. The van der Waals surface area contributed by atoms with Crippen LogP contribution < -0.4 is 5.73 Å². The summed E-state index contributed by atoms with van der Waals surface area (Å²) in [6.45, 7) is 5.09. The summed E-state index contributed by atoms with van der Waals surface area (Å²) in [6, 6.07) is 8.19. The number of nitrogens with two attached hydrogens (primary N) is 1. The smallest absolute Gasteiger partial charge is 0.163 e. The van der Waals surface area contributed by atoms with Crippen LogP contribution in [-0.2, 0) is 0 Å². The molecule has 0 heterocycles. The van der Waals surface area contributed by atoms with E-state index >= 15 is 0 Å². The highest BCUT2D eigenvalue weighted by Gasteiger charge is 2.25. The van der Waals surface area contributed by atoms with Crippen LogP contribution in [0.25, 0.3) is 0 Å². The Morgan fingerprint density at radius 3 is 2.55 bits per heavy atom. The van der Waals surface area contributed by atoms with Crippen molar-refractivity contribution in [3.63, 3.8) is 0 Å². The van der Waals surface area contributed by atoms with Gasteiger partial charge in [0.05, 0.1) is 0 Å². The van der Waals surface area contributed by atoms with E-state index in [2.05, 4.69) is 26.0 Å². The number of ketones is 1. The maximum Gasteiger partial charge on any atom is 0.163 e. The molecule has 1 saturated carbocycles. The second-order valence-corrected chi connectivity index (χ2v) is 6.84. The maximum atomic E-state index is 12.5. The zero-order chi connectivity index (χ0) is 14.6. The van der Waals surface area contributed by atoms with Gasteiger partial charge in [-0.15, -0.1) is 0 Å². The maximum absolute atomic E-state index is 12.5. The minimum absolute atomic E-state index is 0.163. The van der Waals surface area contributed by atoms with E-state index in [1.54, 1.807) is 0 Å². The zero-order valence-electron chi connectivity index (χ0n) is 12.8. The van der Waals surface area contributed by atoms with Crippen LogP contribution in [0.4, 0.5) is 0 Å². The van der Waals surface area contributed by atoms with Gasteiger partial charge in [0, 0.05) is 12.0 Å². The van der Waals surface area contributed by atoms with E-state index in [1.807, 2.05) is 12.1 Å². The van der Waals surface area contributed by atoms with E-state index in [1.165, 1.54) is 24.8 Å². The molecule has 1 aromatic rings. The summed E-state index contributed by atoms with van der Waals surface area (Å²) in [4.78, 5) is 12.5. The van der Waals surface area contributed by atoms with Gasteiger partial charge < -0.3 is 5.73 Å². The van der Waals surface area contributed by atoms with Crippen molar-refractivity contribution in [3.8, 4) is 0 Å². The molecule has 1 aromatic carbocycles. The lowest BCUT2D eigenvalue weighted by Gasteiger charge is -2.28. The SMILES string of the molecule is CC(C)(CCN)CCC(=O)c1ccccc1C1CCC1. The average molecular weight is 273 g/mol. The Bertz CT molecular complexity index is 460. The first kappa shape index (κ1) is 15.2. The lowest BCUT2D eigenvalue weighted by molar-refractivity contribution is 0.0959. The molecular formula is C18H27NO. The molecule has 1 aliphatic carbocycles. The van der Waals surface area contributed by atoms with Crippen LogP contribution in [0.1, 0.15) is 74.2 Å². The summed E-state index contributed by atoms with van der Waals surface area (Å²) in [5.41, 5.74) is 8.04. The monoisotopic (exact) mass is 273 g/mol. The third-order valence-electron chi connectivity index (χ3n) is 4.66. The summed E-state index contributed by atoms with van der Waals surface area (Å²) in [5, 5.41) is 0. The Hall–Kier alpha value is -1.15. The number of carbonyl (C=O) groups is 1. The van der Waals surface area contributed by atoms with Crippen molar-refractivity contribution >= 4 is 5.78 Å². The van der Waals surface area contributed by atoms with E-state index in [9.17, 15) is 4.79 Å². The molecule has 1 aliphatic rings. The van der Waals surface area contributed by atoms with E-state index in [4.69, 9.17) is 5.73 Å². The largest absolute Gasteiger partial charge is 0.330 e. The molecule has 0 bridgehead atoms. The second-order valence-electron chi connectivity index (χ2n) is 6.84. The van der Waals surface area contributed by atoms with Gasteiger partial charge in [-0.2, -0.15) is 0 Å². The Labute approximate surface area is 122 Å². The number of hydrogen-bond donors (Lipinski definition) is 1. The molecule has 110 valence electrons. The van der Waals surface area contributed by atoms with Gasteiger partial charge in [0.15, 0.2) is 5.78 Å². The van der Waals surface area contributed by atoms with Gasteiger partial charge in [-0.1, -0.05) is 44.5 Å². The molecule has 0 aliphatic heterocycles. The molecule has 2 rings (SSSR count). The lowest BCUT2D eigenvalue weighted by Crippen LogP contribution is -2.19. The molecule has 0 saturated heterocycles. The molecule has 0 unspecified atom stereocenters. The van der Waals surface area contributed by atoms with Gasteiger partial charge in [0.2, 0.25) is 0 Å². The van der Waals surface area contributed by atoms with Crippen molar-refractivity contribution in [1.29, 1.82) is 0 Å². The molecule has 0 aromatic heterocycles. The highest BCUT2D eigenvalue weighted by atomic mass is 16.1. The summed E-state index contributed by atoms with van der Waals surface area (Å²) >= 11 is 0. The molecule has 0 atom stereocenters. The van der Waals surface area contributed by atoms with Crippen molar-refractivity contribution in [2.75, 3.05) is 6.54 Å². The molecule has 0 radical (unpaired) electrons. The second kappa shape index (κ2) is 6.53. The van der Waals surface area contributed by atoms with Crippen molar-refractivity contribution in [3.05, 3.63) is 35.4 Å². The third kappa shape index (κ3) is 3.69. The van der Waals surface area contributed by atoms with E-state index in [0.29, 0.717) is 24.7 Å². The third-order valence-corrected chi connectivity index (χ3v) is 4.66. The Balaban J connectivity index is 2.02. The Morgan fingerprint density at radius 2 is 1.95 bits per heavy atom. The molecule has 1 fully saturated rings. The lowest BCUT2D eigenvalue weighted by atomic mass is 9.76. The van der Waals surface area contributed by atoms with Crippen LogP contribution in [0.3, 0.4) is 0 Å². The Morgan fingerprint density at radius 1 is 1.25 bits per heavy atom. The van der Waals surface area contributed by atoms with Crippen LogP contribution in [0.15, 0.2) is 24.3 Å². The van der Waals surface area contributed by atoms with Crippen LogP contribution in [-0.4, -0.2) is 12.3 Å². The van der Waals surface area contributed by atoms with Crippen molar-refractivity contribution in [2.24, 2.45) is 11.1 Å². The minimum atomic E-state index is 0.163. The van der Waals surface area contributed by atoms with Crippen LogP contribution in [0.2, 0.25) is 0 Å². The topological polar surface area (TPSA) is 43.1 Å². The van der Waals surface area contributed by atoms with E-state index in [-0.39, 0.29) is 5.41 Å². The fourth-order valence-corrected chi connectivity index (χ4v) is 2.93. The van der Waals surface area contributed by atoms with Crippen molar-refractivity contribution < 1.29 is 4.79 Å². The number of Topliss-reactive ketones (excluding diaryl/α,β-unsaturated/α-hetero) is 1. The van der Waals surface area contributed by atoms with Gasteiger partial charge >= 0.3 is 0 Å². The number of benzene rings is 1.